The van der Waals surface area contributed by atoms with Crippen LogP contribution in [0.1, 0.15) is 42.5 Å². The lowest BCUT2D eigenvalue weighted by Crippen LogP contribution is -2.51. The van der Waals surface area contributed by atoms with Gasteiger partial charge in [-0.05, 0) is 44.9 Å². The normalized spacial score (nSPS) is 28.5. The topological polar surface area (TPSA) is 29.5 Å². The fourth-order valence-corrected chi connectivity index (χ4v) is 3.93. The standard InChI is InChI=1S/C17H21F2NO2/c1-20-11-4-3-5-12(20)9-10(8-11)17(21)13-6-7-14(22-2)16(19)15(13)18/h6-7,10-12H,3-5,8-9H2,1-2H3. The summed E-state index contributed by atoms with van der Waals surface area (Å²) >= 11 is 0. The van der Waals surface area contributed by atoms with Gasteiger partial charge in [0, 0.05) is 18.0 Å². The first-order valence-corrected chi connectivity index (χ1v) is 7.81. The van der Waals surface area contributed by atoms with Gasteiger partial charge in [0.2, 0.25) is 5.82 Å². The Hall–Kier alpha value is -1.49. The number of Topliss-reactive ketones (excluding diaryl/α,β-unsaturated/α-hetero) is 1. The summed E-state index contributed by atoms with van der Waals surface area (Å²) in [6, 6.07) is 3.43. The average molecular weight is 309 g/mol. The third kappa shape index (κ3) is 2.51. The average Bonchev–Trinajstić information content (AvgIpc) is 2.49. The number of ether oxygens (including phenoxy) is 1. The van der Waals surface area contributed by atoms with Crippen molar-refractivity contribution in [2.45, 2.75) is 44.2 Å². The van der Waals surface area contributed by atoms with Gasteiger partial charge in [-0.15, -0.1) is 0 Å². The van der Waals surface area contributed by atoms with E-state index >= 15 is 0 Å². The maximum absolute atomic E-state index is 14.1. The van der Waals surface area contributed by atoms with Crippen molar-refractivity contribution in [3.63, 3.8) is 0 Å². The number of piperidine rings is 2. The van der Waals surface area contributed by atoms with Gasteiger partial charge in [-0.3, -0.25) is 4.79 Å². The minimum atomic E-state index is -1.09. The largest absolute Gasteiger partial charge is 0.494 e. The molecular formula is C17H21F2NO2. The zero-order valence-corrected chi connectivity index (χ0v) is 12.9. The molecule has 2 aliphatic rings. The molecule has 2 atom stereocenters. The lowest BCUT2D eigenvalue weighted by molar-refractivity contribution is 0.0336. The molecule has 2 fully saturated rings. The predicted octanol–water partition coefficient (Wildman–Crippen LogP) is 3.42. The zero-order chi connectivity index (χ0) is 15.9. The molecule has 120 valence electrons. The number of hydrogen-bond acceptors (Lipinski definition) is 3. The maximum Gasteiger partial charge on any atom is 0.201 e. The van der Waals surface area contributed by atoms with Gasteiger partial charge in [0.1, 0.15) is 0 Å². The molecule has 0 amide bonds. The van der Waals surface area contributed by atoms with Crippen LogP contribution in [0.15, 0.2) is 12.1 Å². The van der Waals surface area contributed by atoms with E-state index in [1.165, 1.54) is 25.7 Å². The molecular weight excluding hydrogens is 288 g/mol. The minimum Gasteiger partial charge on any atom is -0.494 e. The second-order valence-electron chi connectivity index (χ2n) is 6.38. The number of ketones is 1. The van der Waals surface area contributed by atoms with E-state index in [4.69, 9.17) is 4.74 Å². The highest BCUT2D eigenvalue weighted by molar-refractivity contribution is 5.98. The SMILES string of the molecule is COc1ccc(C(=O)C2CC3CCCC(C2)N3C)c(F)c1F. The Balaban J connectivity index is 1.84. The van der Waals surface area contributed by atoms with Crippen LogP contribution >= 0.6 is 0 Å². The Morgan fingerprint density at radius 2 is 1.82 bits per heavy atom. The maximum atomic E-state index is 14.1. The van der Waals surface area contributed by atoms with Crippen molar-refractivity contribution in [2.75, 3.05) is 14.2 Å². The highest BCUT2D eigenvalue weighted by Crippen LogP contribution is 2.37. The summed E-state index contributed by atoms with van der Waals surface area (Å²) in [4.78, 5) is 15.0. The zero-order valence-electron chi connectivity index (χ0n) is 12.9. The van der Waals surface area contributed by atoms with Crippen LogP contribution in [-0.4, -0.2) is 36.9 Å². The van der Waals surface area contributed by atoms with Crippen molar-refractivity contribution in [1.29, 1.82) is 0 Å². The van der Waals surface area contributed by atoms with Gasteiger partial charge in [-0.1, -0.05) is 6.42 Å². The van der Waals surface area contributed by atoms with Crippen molar-refractivity contribution in [3.05, 3.63) is 29.3 Å². The van der Waals surface area contributed by atoms with Gasteiger partial charge in [-0.2, -0.15) is 4.39 Å². The van der Waals surface area contributed by atoms with E-state index in [1.54, 1.807) is 0 Å². The van der Waals surface area contributed by atoms with E-state index in [2.05, 4.69) is 11.9 Å². The third-order valence-corrected chi connectivity index (χ3v) is 5.24. The molecule has 2 bridgehead atoms. The number of methoxy groups -OCH3 is 1. The van der Waals surface area contributed by atoms with E-state index < -0.39 is 11.6 Å². The van der Waals surface area contributed by atoms with Gasteiger partial charge in [0.05, 0.1) is 12.7 Å². The van der Waals surface area contributed by atoms with E-state index in [0.29, 0.717) is 12.1 Å². The van der Waals surface area contributed by atoms with Crippen LogP contribution in [0.25, 0.3) is 0 Å². The Morgan fingerprint density at radius 3 is 2.41 bits per heavy atom. The number of carbonyl (C=O) groups is 1. The molecule has 3 rings (SSSR count). The molecule has 0 aromatic heterocycles. The summed E-state index contributed by atoms with van der Waals surface area (Å²) in [6.07, 6.45) is 4.82. The van der Waals surface area contributed by atoms with Crippen LogP contribution in [0.5, 0.6) is 5.75 Å². The molecule has 0 radical (unpaired) electrons. The summed E-state index contributed by atoms with van der Waals surface area (Å²) in [6.45, 7) is 0. The smallest absolute Gasteiger partial charge is 0.201 e. The molecule has 1 aromatic carbocycles. The molecule has 22 heavy (non-hydrogen) atoms. The van der Waals surface area contributed by atoms with Crippen LogP contribution < -0.4 is 4.74 Å². The first-order chi connectivity index (χ1) is 10.5. The molecule has 0 spiro atoms. The van der Waals surface area contributed by atoms with Gasteiger partial charge in [0.15, 0.2) is 17.3 Å². The molecule has 5 heteroatoms. The summed E-state index contributed by atoms with van der Waals surface area (Å²) in [7, 11) is 3.38. The summed E-state index contributed by atoms with van der Waals surface area (Å²) in [5.74, 6) is -2.83. The fraction of sp³-hybridized carbons (Fsp3) is 0.588. The lowest BCUT2D eigenvalue weighted by atomic mass is 9.76. The van der Waals surface area contributed by atoms with Crippen LogP contribution in [-0.2, 0) is 0 Å². The van der Waals surface area contributed by atoms with E-state index in [-0.39, 0.29) is 23.0 Å². The van der Waals surface area contributed by atoms with Crippen LogP contribution in [0, 0.1) is 17.6 Å². The number of hydrogen-bond donors (Lipinski definition) is 0. The first kappa shape index (κ1) is 15.4. The fourth-order valence-electron chi connectivity index (χ4n) is 3.93. The number of rotatable bonds is 3. The van der Waals surface area contributed by atoms with Crippen LogP contribution in [0.4, 0.5) is 8.78 Å². The molecule has 1 aromatic rings. The van der Waals surface area contributed by atoms with Crippen molar-refractivity contribution < 1.29 is 18.3 Å². The molecule has 3 nitrogen and oxygen atoms in total. The number of nitrogens with zero attached hydrogens (tertiary/aromatic N) is 1. The molecule has 2 heterocycles. The molecule has 0 saturated carbocycles. The Morgan fingerprint density at radius 1 is 1.18 bits per heavy atom. The highest BCUT2D eigenvalue weighted by Gasteiger charge is 2.39. The number of carbonyl (C=O) groups excluding carboxylic acids is 1. The van der Waals surface area contributed by atoms with Crippen molar-refractivity contribution in [2.24, 2.45) is 5.92 Å². The quantitative estimate of drug-likeness (QED) is 0.801. The molecule has 2 aliphatic heterocycles. The van der Waals surface area contributed by atoms with Gasteiger partial charge in [-0.25, -0.2) is 4.39 Å². The summed E-state index contributed by atoms with van der Waals surface area (Å²) in [5.41, 5.74) is -0.147. The molecule has 0 aliphatic carbocycles. The summed E-state index contributed by atoms with van der Waals surface area (Å²) in [5, 5.41) is 0. The second-order valence-corrected chi connectivity index (χ2v) is 6.38. The van der Waals surface area contributed by atoms with Gasteiger partial charge in [0.25, 0.3) is 0 Å². The molecule has 2 unspecified atom stereocenters. The van der Waals surface area contributed by atoms with E-state index in [0.717, 1.165) is 25.7 Å². The Labute approximate surface area is 129 Å². The lowest BCUT2D eigenvalue weighted by Gasteiger charge is -2.46. The van der Waals surface area contributed by atoms with E-state index in [1.807, 2.05) is 0 Å². The summed E-state index contributed by atoms with van der Waals surface area (Å²) < 4.78 is 32.7. The number of fused-ring (bicyclic) bond motifs is 2. The second kappa shape index (κ2) is 5.95. The van der Waals surface area contributed by atoms with E-state index in [9.17, 15) is 13.6 Å². The van der Waals surface area contributed by atoms with Crippen LogP contribution in [0.2, 0.25) is 0 Å². The van der Waals surface area contributed by atoms with Gasteiger partial charge < -0.3 is 9.64 Å². The number of benzene rings is 1. The highest BCUT2D eigenvalue weighted by atomic mass is 19.2. The monoisotopic (exact) mass is 309 g/mol. The third-order valence-electron chi connectivity index (χ3n) is 5.24. The Kier molecular flexibility index (Phi) is 4.17. The first-order valence-electron chi connectivity index (χ1n) is 7.81. The Bertz CT molecular complexity index is 576. The number of halogens is 2. The van der Waals surface area contributed by atoms with Crippen molar-refractivity contribution in [1.82, 2.24) is 4.90 Å². The van der Waals surface area contributed by atoms with Crippen molar-refractivity contribution >= 4 is 5.78 Å². The minimum absolute atomic E-state index is 0.147. The predicted molar refractivity (Wildman–Crippen MR) is 79.2 cm³/mol. The van der Waals surface area contributed by atoms with Gasteiger partial charge >= 0.3 is 0 Å². The molecule has 0 N–H and O–H groups in total. The van der Waals surface area contributed by atoms with Crippen LogP contribution in [0.3, 0.4) is 0 Å². The molecule has 2 saturated heterocycles. The van der Waals surface area contributed by atoms with Crippen molar-refractivity contribution in [3.8, 4) is 5.75 Å².